The maximum atomic E-state index is 11.6. The predicted molar refractivity (Wildman–Crippen MR) is 50.4 cm³/mol. The summed E-state index contributed by atoms with van der Waals surface area (Å²) in [4.78, 5) is 14.2. The highest BCUT2D eigenvalue weighted by molar-refractivity contribution is 7.87. The Bertz CT molecular complexity index is 447. The van der Waals surface area contributed by atoms with E-state index in [4.69, 9.17) is 0 Å². The highest BCUT2D eigenvalue weighted by atomic mass is 32.2. The summed E-state index contributed by atoms with van der Waals surface area (Å²) >= 11 is 0. The van der Waals surface area contributed by atoms with Crippen molar-refractivity contribution < 1.29 is 13.2 Å². The zero-order chi connectivity index (χ0) is 10.9. The summed E-state index contributed by atoms with van der Waals surface area (Å²) in [5.41, 5.74) is 0.105. The Morgan fingerprint density at radius 2 is 2.07 bits per heavy atom. The molecule has 0 unspecified atom stereocenters. The van der Waals surface area contributed by atoms with Crippen molar-refractivity contribution in [1.82, 2.24) is 13.3 Å². The Morgan fingerprint density at radius 1 is 1.50 bits per heavy atom. The molecule has 0 bridgehead atoms. The van der Waals surface area contributed by atoms with Crippen LogP contribution in [-0.4, -0.2) is 42.1 Å². The van der Waals surface area contributed by atoms with Gasteiger partial charge in [0.1, 0.15) is 11.5 Å². The summed E-state index contributed by atoms with van der Waals surface area (Å²) in [5.74, 6) is 0.265. The van der Waals surface area contributed by atoms with Crippen LogP contribution in [0.25, 0.3) is 0 Å². The van der Waals surface area contributed by atoms with Gasteiger partial charge in [0.05, 0.1) is 6.20 Å². The van der Waals surface area contributed by atoms with E-state index in [2.05, 4.69) is 4.98 Å². The Labute approximate surface area is 82.3 Å². The second-order valence-corrected chi connectivity index (χ2v) is 4.94. The molecule has 1 rings (SSSR count). The van der Waals surface area contributed by atoms with E-state index >= 15 is 0 Å². The van der Waals surface area contributed by atoms with Crippen molar-refractivity contribution in [2.75, 3.05) is 14.1 Å². The summed E-state index contributed by atoms with van der Waals surface area (Å²) in [6.07, 6.45) is 1.70. The minimum atomic E-state index is -3.57. The molecule has 0 atom stereocenters. The average Bonchev–Trinajstić information content (AvgIpc) is 2.47. The van der Waals surface area contributed by atoms with E-state index in [0.717, 1.165) is 8.28 Å². The molecule has 0 fully saturated rings. The van der Waals surface area contributed by atoms with Gasteiger partial charge >= 0.3 is 10.2 Å². The molecule has 7 heteroatoms. The number of aldehydes is 1. The highest BCUT2D eigenvalue weighted by Gasteiger charge is 2.19. The lowest BCUT2D eigenvalue weighted by molar-refractivity contribution is 0.111. The number of aryl methyl sites for hydroxylation is 1. The fraction of sp³-hybridized carbons (Fsp3) is 0.429. The second kappa shape index (κ2) is 3.50. The average molecular weight is 217 g/mol. The van der Waals surface area contributed by atoms with E-state index in [1.807, 2.05) is 0 Å². The van der Waals surface area contributed by atoms with E-state index in [9.17, 15) is 13.2 Å². The van der Waals surface area contributed by atoms with Crippen molar-refractivity contribution in [3.8, 4) is 0 Å². The van der Waals surface area contributed by atoms with Crippen LogP contribution in [0.3, 0.4) is 0 Å². The molecule has 0 aromatic carbocycles. The van der Waals surface area contributed by atoms with E-state index < -0.39 is 10.2 Å². The molecule has 0 amide bonds. The lowest BCUT2D eigenvalue weighted by atomic mass is 10.6. The quantitative estimate of drug-likeness (QED) is 0.649. The van der Waals surface area contributed by atoms with Gasteiger partial charge in [0, 0.05) is 14.1 Å². The van der Waals surface area contributed by atoms with Gasteiger partial charge in [0.15, 0.2) is 6.29 Å². The molecule has 0 radical (unpaired) electrons. The summed E-state index contributed by atoms with van der Waals surface area (Å²) in [6.45, 7) is 1.52. The molecule has 1 heterocycles. The molecule has 0 aliphatic rings. The zero-order valence-electron chi connectivity index (χ0n) is 8.13. The van der Waals surface area contributed by atoms with Crippen molar-refractivity contribution in [2.24, 2.45) is 0 Å². The maximum Gasteiger partial charge on any atom is 0.308 e. The Balaban J connectivity index is 3.33. The largest absolute Gasteiger partial charge is 0.308 e. The van der Waals surface area contributed by atoms with E-state index in [-0.39, 0.29) is 11.5 Å². The number of carbonyl (C=O) groups is 1. The highest BCUT2D eigenvalue weighted by Crippen LogP contribution is 2.07. The predicted octanol–water partition coefficient (Wildman–Crippen LogP) is -0.341. The van der Waals surface area contributed by atoms with Crippen molar-refractivity contribution in [3.05, 3.63) is 17.7 Å². The minimum absolute atomic E-state index is 0.105. The smallest absolute Gasteiger partial charge is 0.296 e. The van der Waals surface area contributed by atoms with Crippen molar-refractivity contribution in [2.45, 2.75) is 6.92 Å². The monoisotopic (exact) mass is 217 g/mol. The first-order chi connectivity index (χ1) is 6.39. The number of hydrogen-bond acceptors (Lipinski definition) is 4. The van der Waals surface area contributed by atoms with Gasteiger partial charge in [0.2, 0.25) is 0 Å². The number of aromatic nitrogens is 2. The first-order valence-corrected chi connectivity index (χ1v) is 5.23. The zero-order valence-corrected chi connectivity index (χ0v) is 8.95. The van der Waals surface area contributed by atoms with Crippen LogP contribution < -0.4 is 0 Å². The van der Waals surface area contributed by atoms with Crippen LogP contribution in [0.4, 0.5) is 0 Å². The van der Waals surface area contributed by atoms with Crippen LogP contribution >= 0.6 is 0 Å². The first-order valence-electron chi connectivity index (χ1n) is 3.83. The molecule has 78 valence electrons. The summed E-state index contributed by atoms with van der Waals surface area (Å²) in [7, 11) is -0.744. The summed E-state index contributed by atoms with van der Waals surface area (Å²) in [5, 5.41) is 0. The van der Waals surface area contributed by atoms with Crippen molar-refractivity contribution in [1.29, 1.82) is 0 Å². The SMILES string of the molecule is Cc1nc(C=O)cn1S(=O)(=O)N(C)C. The fourth-order valence-corrected chi connectivity index (χ4v) is 1.91. The van der Waals surface area contributed by atoms with Crippen LogP contribution in [0.5, 0.6) is 0 Å². The molecular weight excluding hydrogens is 206 g/mol. The Morgan fingerprint density at radius 3 is 2.43 bits per heavy atom. The standard InChI is InChI=1S/C7H11N3O3S/c1-6-8-7(5-11)4-10(6)14(12,13)9(2)3/h4-5H,1-3H3. The third kappa shape index (κ3) is 1.68. The van der Waals surface area contributed by atoms with Gasteiger partial charge in [-0.05, 0) is 6.92 Å². The van der Waals surface area contributed by atoms with Gasteiger partial charge in [0.25, 0.3) is 0 Å². The van der Waals surface area contributed by atoms with Gasteiger partial charge in [-0.2, -0.15) is 12.7 Å². The van der Waals surface area contributed by atoms with Gasteiger partial charge in [-0.1, -0.05) is 0 Å². The third-order valence-electron chi connectivity index (χ3n) is 1.69. The Kier molecular flexibility index (Phi) is 2.72. The molecule has 14 heavy (non-hydrogen) atoms. The topological polar surface area (TPSA) is 72.3 Å². The van der Waals surface area contributed by atoms with Crippen LogP contribution in [0, 0.1) is 6.92 Å². The van der Waals surface area contributed by atoms with Gasteiger partial charge in [-0.25, -0.2) is 8.96 Å². The van der Waals surface area contributed by atoms with Gasteiger partial charge < -0.3 is 0 Å². The number of imidazole rings is 1. The van der Waals surface area contributed by atoms with Gasteiger partial charge in [-0.15, -0.1) is 0 Å². The molecule has 0 aliphatic carbocycles. The first kappa shape index (κ1) is 10.9. The lowest BCUT2D eigenvalue weighted by Crippen LogP contribution is -2.29. The Hall–Kier alpha value is -1.21. The molecule has 1 aromatic rings. The molecule has 6 nitrogen and oxygen atoms in total. The minimum Gasteiger partial charge on any atom is -0.296 e. The van der Waals surface area contributed by atoms with E-state index in [1.54, 1.807) is 0 Å². The van der Waals surface area contributed by atoms with Crippen LogP contribution in [0.1, 0.15) is 16.3 Å². The molecule has 0 saturated heterocycles. The molecule has 0 saturated carbocycles. The molecule has 0 N–H and O–H groups in total. The third-order valence-corrected chi connectivity index (χ3v) is 3.48. The van der Waals surface area contributed by atoms with Crippen LogP contribution in [0.2, 0.25) is 0 Å². The van der Waals surface area contributed by atoms with Gasteiger partial charge in [-0.3, -0.25) is 4.79 Å². The maximum absolute atomic E-state index is 11.6. The lowest BCUT2D eigenvalue weighted by Gasteiger charge is -2.12. The summed E-state index contributed by atoms with van der Waals surface area (Å²) in [6, 6.07) is 0. The number of carbonyl (C=O) groups excluding carboxylic acids is 1. The number of hydrogen-bond donors (Lipinski definition) is 0. The van der Waals surface area contributed by atoms with E-state index in [0.29, 0.717) is 6.29 Å². The molecular formula is C7H11N3O3S. The molecule has 1 aromatic heterocycles. The van der Waals surface area contributed by atoms with Crippen LogP contribution in [0.15, 0.2) is 6.20 Å². The molecule has 0 aliphatic heterocycles. The van der Waals surface area contributed by atoms with Crippen molar-refractivity contribution >= 4 is 16.5 Å². The molecule has 0 spiro atoms. The second-order valence-electron chi connectivity index (χ2n) is 2.92. The van der Waals surface area contributed by atoms with Crippen molar-refractivity contribution in [3.63, 3.8) is 0 Å². The summed E-state index contributed by atoms with van der Waals surface area (Å²) < 4.78 is 25.3. The van der Waals surface area contributed by atoms with E-state index in [1.165, 1.54) is 27.2 Å². The normalized spacial score (nSPS) is 12.0. The fourth-order valence-electron chi connectivity index (χ4n) is 0.945. The number of rotatable bonds is 3. The number of nitrogens with zero attached hydrogens (tertiary/aromatic N) is 3. The van der Waals surface area contributed by atoms with Crippen LogP contribution in [-0.2, 0) is 10.2 Å².